The summed E-state index contributed by atoms with van der Waals surface area (Å²) in [6.45, 7) is 1.25. The number of para-hydroxylation sites is 2. The molecule has 0 atom stereocenters. The summed E-state index contributed by atoms with van der Waals surface area (Å²) in [5, 5.41) is 4.15. The van der Waals surface area contributed by atoms with Crippen LogP contribution in [0.3, 0.4) is 0 Å². The lowest BCUT2D eigenvalue weighted by molar-refractivity contribution is 0.274. The van der Waals surface area contributed by atoms with E-state index in [9.17, 15) is 0 Å². The molecule has 5 heteroatoms. The molecule has 2 rings (SSSR count). The van der Waals surface area contributed by atoms with Crippen molar-refractivity contribution >= 4 is 15.9 Å². The van der Waals surface area contributed by atoms with E-state index in [1.165, 1.54) is 0 Å². The number of rotatable bonds is 5. The molecule has 4 nitrogen and oxygen atoms in total. The Hall–Kier alpha value is -1.49. The maximum Gasteiger partial charge on any atom is 0.161 e. The number of hydrogen-bond acceptors (Lipinski definition) is 3. The van der Waals surface area contributed by atoms with Gasteiger partial charge in [0, 0.05) is 6.20 Å². The first-order valence-corrected chi connectivity index (χ1v) is 6.02. The Morgan fingerprint density at radius 3 is 2.71 bits per heavy atom. The Balaban J connectivity index is 1.89. The summed E-state index contributed by atoms with van der Waals surface area (Å²) in [5.74, 6) is 1.50. The van der Waals surface area contributed by atoms with Gasteiger partial charge >= 0.3 is 0 Å². The van der Waals surface area contributed by atoms with Crippen LogP contribution < -0.4 is 9.47 Å². The van der Waals surface area contributed by atoms with Crippen LogP contribution in [0, 0.1) is 0 Å². The highest BCUT2D eigenvalue weighted by Crippen LogP contribution is 2.25. The second kappa shape index (κ2) is 5.72. The number of hydrogen-bond donors (Lipinski definition) is 0. The van der Waals surface area contributed by atoms with E-state index in [1.807, 2.05) is 35.1 Å². The van der Waals surface area contributed by atoms with E-state index in [-0.39, 0.29) is 0 Å². The van der Waals surface area contributed by atoms with Gasteiger partial charge in [0.25, 0.3) is 0 Å². The van der Waals surface area contributed by atoms with Gasteiger partial charge in [-0.05, 0) is 28.1 Å². The predicted octanol–water partition coefficient (Wildman–Crippen LogP) is 2.73. The van der Waals surface area contributed by atoms with Crippen LogP contribution in [-0.2, 0) is 6.54 Å². The molecule has 0 saturated heterocycles. The lowest BCUT2D eigenvalue weighted by atomic mass is 10.3. The first kappa shape index (κ1) is 12.0. The number of benzene rings is 1. The molecule has 0 bridgehead atoms. The van der Waals surface area contributed by atoms with Crippen LogP contribution in [0.25, 0.3) is 0 Å². The average Bonchev–Trinajstić information content (AvgIpc) is 2.76. The fraction of sp³-hybridized carbons (Fsp3) is 0.250. The highest BCUT2D eigenvalue weighted by molar-refractivity contribution is 9.10. The summed E-state index contributed by atoms with van der Waals surface area (Å²) in [6.07, 6.45) is 3.66. The van der Waals surface area contributed by atoms with Crippen molar-refractivity contribution in [1.29, 1.82) is 0 Å². The van der Waals surface area contributed by atoms with E-state index >= 15 is 0 Å². The molecule has 0 radical (unpaired) electrons. The molecule has 0 N–H and O–H groups in total. The van der Waals surface area contributed by atoms with Gasteiger partial charge < -0.3 is 9.47 Å². The van der Waals surface area contributed by atoms with Crippen molar-refractivity contribution in [3.8, 4) is 11.5 Å². The Bertz CT molecular complexity index is 485. The third-order valence-electron chi connectivity index (χ3n) is 2.25. The van der Waals surface area contributed by atoms with Gasteiger partial charge in [0.2, 0.25) is 0 Å². The van der Waals surface area contributed by atoms with E-state index in [0.29, 0.717) is 13.2 Å². The van der Waals surface area contributed by atoms with Crippen molar-refractivity contribution < 1.29 is 9.47 Å². The molecule has 0 aliphatic carbocycles. The van der Waals surface area contributed by atoms with Crippen LogP contribution in [-0.4, -0.2) is 23.5 Å². The Morgan fingerprint density at radius 1 is 1.29 bits per heavy atom. The molecule has 90 valence electrons. The Kier molecular flexibility index (Phi) is 4.03. The standard InChI is InChI=1S/C12H13BrN2O2/c1-16-11-4-2-3-5-12(11)17-7-6-15-9-10(13)8-14-15/h2-5,8-9H,6-7H2,1H3. The van der Waals surface area contributed by atoms with Crippen molar-refractivity contribution in [2.24, 2.45) is 0 Å². The van der Waals surface area contributed by atoms with E-state index < -0.39 is 0 Å². The lowest BCUT2D eigenvalue weighted by Crippen LogP contribution is -2.08. The first-order valence-electron chi connectivity index (χ1n) is 5.23. The molecule has 0 amide bonds. The largest absolute Gasteiger partial charge is 0.493 e. The van der Waals surface area contributed by atoms with Crippen LogP contribution in [0.5, 0.6) is 11.5 Å². The molecule has 1 aromatic carbocycles. The molecule has 0 spiro atoms. The SMILES string of the molecule is COc1ccccc1OCCn1cc(Br)cn1. The van der Waals surface area contributed by atoms with Crippen LogP contribution in [0.15, 0.2) is 41.1 Å². The van der Waals surface area contributed by atoms with Crippen molar-refractivity contribution in [3.63, 3.8) is 0 Å². The molecule has 2 aromatic rings. The lowest BCUT2D eigenvalue weighted by Gasteiger charge is -2.09. The maximum atomic E-state index is 5.64. The second-order valence-corrected chi connectivity index (χ2v) is 4.34. The molecule has 17 heavy (non-hydrogen) atoms. The Labute approximate surface area is 108 Å². The van der Waals surface area contributed by atoms with Gasteiger partial charge in [0.05, 0.1) is 24.3 Å². The molecule has 0 aliphatic rings. The molecule has 0 unspecified atom stereocenters. The predicted molar refractivity (Wildman–Crippen MR) is 68.4 cm³/mol. The van der Waals surface area contributed by atoms with Gasteiger partial charge in [-0.1, -0.05) is 12.1 Å². The van der Waals surface area contributed by atoms with Crippen molar-refractivity contribution in [3.05, 3.63) is 41.1 Å². The van der Waals surface area contributed by atoms with Crippen molar-refractivity contribution in [2.75, 3.05) is 13.7 Å². The van der Waals surface area contributed by atoms with Gasteiger partial charge in [0.15, 0.2) is 11.5 Å². The average molecular weight is 297 g/mol. The van der Waals surface area contributed by atoms with Gasteiger partial charge in [-0.15, -0.1) is 0 Å². The number of halogens is 1. The third kappa shape index (κ3) is 3.23. The van der Waals surface area contributed by atoms with Gasteiger partial charge in [-0.2, -0.15) is 5.10 Å². The van der Waals surface area contributed by atoms with Crippen LogP contribution in [0.2, 0.25) is 0 Å². The minimum Gasteiger partial charge on any atom is -0.493 e. The van der Waals surface area contributed by atoms with E-state index in [0.717, 1.165) is 16.0 Å². The summed E-state index contributed by atoms with van der Waals surface area (Å²) in [7, 11) is 1.63. The molecular weight excluding hydrogens is 284 g/mol. The van der Waals surface area contributed by atoms with Gasteiger partial charge in [0.1, 0.15) is 6.61 Å². The van der Waals surface area contributed by atoms with E-state index in [2.05, 4.69) is 21.0 Å². The normalized spacial score (nSPS) is 10.2. The van der Waals surface area contributed by atoms with Gasteiger partial charge in [-0.3, -0.25) is 4.68 Å². The second-order valence-electron chi connectivity index (χ2n) is 3.42. The monoisotopic (exact) mass is 296 g/mol. The van der Waals surface area contributed by atoms with E-state index in [4.69, 9.17) is 9.47 Å². The molecule has 1 heterocycles. The van der Waals surface area contributed by atoms with Crippen LogP contribution >= 0.6 is 15.9 Å². The van der Waals surface area contributed by atoms with Gasteiger partial charge in [-0.25, -0.2) is 0 Å². The zero-order valence-corrected chi connectivity index (χ0v) is 11.1. The topological polar surface area (TPSA) is 36.3 Å². The first-order chi connectivity index (χ1) is 8.29. The Morgan fingerprint density at radius 2 is 2.06 bits per heavy atom. The fourth-order valence-electron chi connectivity index (χ4n) is 1.45. The fourth-order valence-corrected chi connectivity index (χ4v) is 1.78. The molecule has 1 aromatic heterocycles. The summed E-state index contributed by atoms with van der Waals surface area (Å²) in [5.41, 5.74) is 0. The van der Waals surface area contributed by atoms with Crippen molar-refractivity contribution in [2.45, 2.75) is 6.54 Å². The number of aromatic nitrogens is 2. The van der Waals surface area contributed by atoms with Crippen LogP contribution in [0.4, 0.5) is 0 Å². The smallest absolute Gasteiger partial charge is 0.161 e. The van der Waals surface area contributed by atoms with Crippen LogP contribution in [0.1, 0.15) is 0 Å². The number of methoxy groups -OCH3 is 1. The zero-order chi connectivity index (χ0) is 12.1. The third-order valence-corrected chi connectivity index (χ3v) is 2.66. The summed E-state index contributed by atoms with van der Waals surface area (Å²) >= 11 is 3.35. The quantitative estimate of drug-likeness (QED) is 0.851. The minimum absolute atomic E-state index is 0.550. The van der Waals surface area contributed by atoms with Crippen molar-refractivity contribution in [1.82, 2.24) is 9.78 Å². The maximum absolute atomic E-state index is 5.64. The molecule has 0 saturated carbocycles. The highest BCUT2D eigenvalue weighted by Gasteiger charge is 2.02. The zero-order valence-electron chi connectivity index (χ0n) is 9.47. The summed E-state index contributed by atoms with van der Waals surface area (Å²) in [6, 6.07) is 7.59. The summed E-state index contributed by atoms with van der Waals surface area (Å²) < 4.78 is 13.6. The summed E-state index contributed by atoms with van der Waals surface area (Å²) in [4.78, 5) is 0. The molecule has 0 fully saturated rings. The number of nitrogens with zero attached hydrogens (tertiary/aromatic N) is 2. The molecular formula is C12H13BrN2O2. The highest BCUT2D eigenvalue weighted by atomic mass is 79.9. The van der Waals surface area contributed by atoms with E-state index in [1.54, 1.807) is 13.3 Å². The number of ether oxygens (including phenoxy) is 2. The molecule has 0 aliphatic heterocycles. The minimum atomic E-state index is 0.550.